The van der Waals surface area contributed by atoms with Gasteiger partial charge in [0.25, 0.3) is 0 Å². The third-order valence-electron chi connectivity index (χ3n) is 15.9. The van der Waals surface area contributed by atoms with Crippen LogP contribution in [-0.2, 0) is 28.6 Å². The molecule has 1 unspecified atom stereocenters. The summed E-state index contributed by atoms with van der Waals surface area (Å²) in [5.41, 5.74) is 0. The Morgan fingerprint density at radius 1 is 0.253 bits per heavy atom. The summed E-state index contributed by atoms with van der Waals surface area (Å²) in [6, 6.07) is 0. The highest BCUT2D eigenvalue weighted by Gasteiger charge is 2.19. The van der Waals surface area contributed by atoms with Gasteiger partial charge in [-0.05, 0) is 96.3 Å². The minimum Gasteiger partial charge on any atom is -0.462 e. The number of rotatable bonds is 66. The first kappa shape index (κ1) is 79.6. The van der Waals surface area contributed by atoms with Gasteiger partial charge in [-0.1, -0.05) is 337 Å². The van der Waals surface area contributed by atoms with Crippen molar-refractivity contribution in [3.8, 4) is 0 Å². The standard InChI is InChI=1S/C77H136O6/c1-4-7-10-13-16-18-20-22-24-26-28-30-32-34-36-37-38-39-41-42-44-46-48-50-52-54-56-58-61-64-67-70-76(79)82-73-74(72-81-75(78)69-66-63-60-15-12-9-6-3)83-77(80)71-68-65-62-59-57-55-53-51-49-47-45-43-40-35-33-31-29-27-25-23-21-19-17-14-11-8-5-2/h8,11,17,19,23,25-26,28-29,31,35,40,45,47,74H,4-7,9-10,12-16,18,20-22,24,27,30,32-34,36-39,41-44,46,48-73H2,1-3H3/b11-8-,19-17-,25-23-,28-26-,31-29-,40-35-,47-45-. The maximum absolute atomic E-state index is 12.9. The van der Waals surface area contributed by atoms with E-state index in [-0.39, 0.29) is 31.1 Å². The van der Waals surface area contributed by atoms with Crippen LogP contribution >= 0.6 is 0 Å². The van der Waals surface area contributed by atoms with Crippen LogP contribution < -0.4 is 0 Å². The molecule has 0 spiro atoms. The first-order valence-electron chi connectivity index (χ1n) is 36.1. The average molecular weight is 1160 g/mol. The lowest BCUT2D eigenvalue weighted by Crippen LogP contribution is -2.30. The van der Waals surface area contributed by atoms with Gasteiger partial charge in [0.15, 0.2) is 6.10 Å². The Morgan fingerprint density at radius 2 is 0.470 bits per heavy atom. The molecule has 0 aromatic heterocycles. The molecule has 0 fully saturated rings. The van der Waals surface area contributed by atoms with Crippen LogP contribution in [0.15, 0.2) is 85.1 Å². The number of carbonyl (C=O) groups is 3. The Bertz CT molecular complexity index is 1570. The van der Waals surface area contributed by atoms with E-state index in [1.54, 1.807) is 0 Å². The highest BCUT2D eigenvalue weighted by atomic mass is 16.6. The van der Waals surface area contributed by atoms with Crippen LogP contribution in [0.2, 0.25) is 0 Å². The zero-order valence-corrected chi connectivity index (χ0v) is 55.2. The van der Waals surface area contributed by atoms with E-state index in [4.69, 9.17) is 14.2 Å². The Morgan fingerprint density at radius 3 is 0.747 bits per heavy atom. The average Bonchev–Trinajstić information content (AvgIpc) is 3.49. The highest BCUT2D eigenvalue weighted by molar-refractivity contribution is 5.71. The van der Waals surface area contributed by atoms with Crippen molar-refractivity contribution in [1.29, 1.82) is 0 Å². The Balaban J connectivity index is 4.06. The molecule has 0 saturated carbocycles. The Kier molecular flexibility index (Phi) is 68.2. The van der Waals surface area contributed by atoms with Crippen molar-refractivity contribution >= 4 is 17.9 Å². The topological polar surface area (TPSA) is 78.9 Å². The number of hydrogen-bond donors (Lipinski definition) is 0. The van der Waals surface area contributed by atoms with Crippen LogP contribution in [0.1, 0.15) is 367 Å². The summed E-state index contributed by atoms with van der Waals surface area (Å²) in [7, 11) is 0. The van der Waals surface area contributed by atoms with Gasteiger partial charge in [-0.25, -0.2) is 0 Å². The summed E-state index contributed by atoms with van der Waals surface area (Å²) in [5.74, 6) is -0.874. The summed E-state index contributed by atoms with van der Waals surface area (Å²) < 4.78 is 16.9. The lowest BCUT2D eigenvalue weighted by molar-refractivity contribution is -0.167. The van der Waals surface area contributed by atoms with Crippen LogP contribution in [-0.4, -0.2) is 37.2 Å². The van der Waals surface area contributed by atoms with Gasteiger partial charge >= 0.3 is 17.9 Å². The Hall–Kier alpha value is -3.41. The Labute approximate surface area is 515 Å². The van der Waals surface area contributed by atoms with Gasteiger partial charge in [0, 0.05) is 19.3 Å². The van der Waals surface area contributed by atoms with Crippen molar-refractivity contribution in [2.24, 2.45) is 0 Å². The van der Waals surface area contributed by atoms with E-state index in [2.05, 4.69) is 106 Å². The summed E-state index contributed by atoms with van der Waals surface area (Å²) in [6.07, 6.45) is 95.1. The number of esters is 3. The van der Waals surface area contributed by atoms with E-state index in [1.807, 2.05) is 0 Å². The van der Waals surface area contributed by atoms with Gasteiger partial charge < -0.3 is 14.2 Å². The zero-order valence-electron chi connectivity index (χ0n) is 55.2. The molecule has 0 aliphatic heterocycles. The number of ether oxygens (including phenoxy) is 3. The van der Waals surface area contributed by atoms with Gasteiger partial charge in [0.1, 0.15) is 13.2 Å². The molecule has 0 amide bonds. The van der Waals surface area contributed by atoms with Gasteiger partial charge in [-0.3, -0.25) is 14.4 Å². The predicted octanol–water partition coefficient (Wildman–Crippen LogP) is 25.0. The molecule has 6 nitrogen and oxygen atoms in total. The number of hydrogen-bond acceptors (Lipinski definition) is 6. The molecule has 480 valence electrons. The van der Waals surface area contributed by atoms with Crippen LogP contribution in [0.3, 0.4) is 0 Å². The normalized spacial score (nSPS) is 12.6. The van der Waals surface area contributed by atoms with Crippen LogP contribution in [0.4, 0.5) is 0 Å². The van der Waals surface area contributed by atoms with Gasteiger partial charge in [0.05, 0.1) is 0 Å². The molecule has 1 atom stereocenters. The minimum absolute atomic E-state index is 0.0760. The summed E-state index contributed by atoms with van der Waals surface area (Å²) in [4.78, 5) is 38.2. The van der Waals surface area contributed by atoms with E-state index >= 15 is 0 Å². The summed E-state index contributed by atoms with van der Waals surface area (Å²) in [6.45, 7) is 6.52. The second-order valence-electron chi connectivity index (χ2n) is 24.1. The van der Waals surface area contributed by atoms with Gasteiger partial charge in [-0.15, -0.1) is 0 Å². The largest absolute Gasteiger partial charge is 0.462 e. The number of carbonyl (C=O) groups excluding carboxylic acids is 3. The molecular weight excluding hydrogens is 1020 g/mol. The molecule has 6 heteroatoms. The van der Waals surface area contributed by atoms with Crippen molar-refractivity contribution in [2.45, 2.75) is 374 Å². The molecule has 0 bridgehead atoms. The fraction of sp³-hybridized carbons (Fsp3) is 0.779. The van der Waals surface area contributed by atoms with E-state index < -0.39 is 6.10 Å². The fourth-order valence-corrected chi connectivity index (χ4v) is 10.5. The number of unbranched alkanes of at least 4 members (excludes halogenated alkanes) is 41. The van der Waals surface area contributed by atoms with E-state index in [0.29, 0.717) is 19.3 Å². The summed E-state index contributed by atoms with van der Waals surface area (Å²) in [5, 5.41) is 0. The number of allylic oxidation sites excluding steroid dienone is 14. The second kappa shape index (κ2) is 71.1. The first-order valence-corrected chi connectivity index (χ1v) is 36.1. The molecule has 0 aliphatic rings. The third kappa shape index (κ3) is 69.3. The third-order valence-corrected chi connectivity index (χ3v) is 15.9. The van der Waals surface area contributed by atoms with E-state index in [0.717, 1.165) is 103 Å². The molecule has 83 heavy (non-hydrogen) atoms. The quantitative estimate of drug-likeness (QED) is 0.0261. The lowest BCUT2D eigenvalue weighted by Gasteiger charge is -2.18. The zero-order chi connectivity index (χ0) is 59.9. The molecule has 0 aromatic rings. The van der Waals surface area contributed by atoms with Gasteiger partial charge in [0.2, 0.25) is 0 Å². The first-order chi connectivity index (χ1) is 41.0. The van der Waals surface area contributed by atoms with Crippen molar-refractivity contribution in [3.63, 3.8) is 0 Å². The van der Waals surface area contributed by atoms with Crippen molar-refractivity contribution in [1.82, 2.24) is 0 Å². The van der Waals surface area contributed by atoms with Crippen molar-refractivity contribution in [2.75, 3.05) is 13.2 Å². The highest BCUT2D eigenvalue weighted by Crippen LogP contribution is 2.18. The van der Waals surface area contributed by atoms with Crippen LogP contribution in [0, 0.1) is 0 Å². The smallest absolute Gasteiger partial charge is 0.306 e. The molecule has 0 aliphatic carbocycles. The second-order valence-corrected chi connectivity index (χ2v) is 24.1. The minimum atomic E-state index is -0.779. The monoisotopic (exact) mass is 1160 g/mol. The maximum Gasteiger partial charge on any atom is 0.306 e. The lowest BCUT2D eigenvalue weighted by atomic mass is 10.0. The van der Waals surface area contributed by atoms with Gasteiger partial charge in [-0.2, -0.15) is 0 Å². The molecule has 0 N–H and O–H groups in total. The molecule has 0 aromatic carbocycles. The molecule has 0 saturated heterocycles. The molecular formula is C77H136O6. The van der Waals surface area contributed by atoms with Crippen LogP contribution in [0.5, 0.6) is 0 Å². The molecule has 0 rings (SSSR count). The SMILES string of the molecule is CC/C=C\C/C=C\C/C=C\C/C=C\C/C=C\C/C=C\CCCCCCCCCCC(=O)OC(COC(=O)CCCCCCCCC)COC(=O)CCCCCCCCCCCCCCCCCCCCC/C=C\CCCCCCCCCC. The van der Waals surface area contributed by atoms with E-state index in [1.165, 1.54) is 225 Å². The predicted molar refractivity (Wildman–Crippen MR) is 362 cm³/mol. The van der Waals surface area contributed by atoms with Crippen molar-refractivity contribution in [3.05, 3.63) is 85.1 Å². The van der Waals surface area contributed by atoms with Crippen LogP contribution in [0.25, 0.3) is 0 Å². The maximum atomic E-state index is 12.9. The van der Waals surface area contributed by atoms with Crippen molar-refractivity contribution < 1.29 is 28.6 Å². The summed E-state index contributed by atoms with van der Waals surface area (Å²) >= 11 is 0. The fourth-order valence-electron chi connectivity index (χ4n) is 10.5. The molecule has 0 heterocycles. The van der Waals surface area contributed by atoms with E-state index in [9.17, 15) is 14.4 Å². The molecule has 0 radical (unpaired) electrons.